The van der Waals surface area contributed by atoms with E-state index in [0.29, 0.717) is 6.04 Å². The first-order valence-electron chi connectivity index (χ1n) is 6.12. The first kappa shape index (κ1) is 12.4. The van der Waals surface area contributed by atoms with E-state index in [1.165, 1.54) is 0 Å². The average Bonchev–Trinajstić information content (AvgIpc) is 2.90. The summed E-state index contributed by atoms with van der Waals surface area (Å²) < 4.78 is 1.89. The molecule has 0 spiro atoms. The van der Waals surface area contributed by atoms with Crippen LogP contribution in [0.1, 0.15) is 19.8 Å². The minimum absolute atomic E-state index is 0.430. The molecule has 0 saturated heterocycles. The molecule has 1 aromatic heterocycles. The Balaban J connectivity index is 2.06. The quantitative estimate of drug-likeness (QED) is 0.792. The lowest BCUT2D eigenvalue weighted by molar-refractivity contribution is 0.719. The summed E-state index contributed by atoms with van der Waals surface area (Å²) in [6, 6.07) is 8.64. The molecule has 0 aliphatic heterocycles. The smallest absolute Gasteiger partial charge is 0.123 e. The van der Waals surface area contributed by atoms with E-state index in [4.69, 9.17) is 0 Å². The standard InChI is InChI=1S/C14H18N4/c1-3-4-6-12(2)17-13-7-5-8-14(9-13)18-10-15-16-11-18/h3,5,7-12,17H,1,4,6H2,2H3. The Kier molecular flexibility index (Phi) is 4.12. The first-order valence-corrected chi connectivity index (χ1v) is 6.12. The van der Waals surface area contributed by atoms with Crippen LogP contribution in [0.15, 0.2) is 49.6 Å². The molecule has 1 atom stereocenters. The topological polar surface area (TPSA) is 42.7 Å². The highest BCUT2D eigenvalue weighted by atomic mass is 15.2. The van der Waals surface area contributed by atoms with Gasteiger partial charge in [0.15, 0.2) is 0 Å². The number of allylic oxidation sites excluding steroid dienone is 1. The SMILES string of the molecule is C=CCCC(C)Nc1cccc(-n2cnnc2)c1. The van der Waals surface area contributed by atoms with Crippen molar-refractivity contribution in [3.63, 3.8) is 0 Å². The summed E-state index contributed by atoms with van der Waals surface area (Å²) in [6.07, 6.45) is 7.45. The number of anilines is 1. The van der Waals surface area contributed by atoms with Crippen LogP contribution in [0, 0.1) is 0 Å². The largest absolute Gasteiger partial charge is 0.383 e. The fourth-order valence-corrected chi connectivity index (χ4v) is 1.81. The van der Waals surface area contributed by atoms with Gasteiger partial charge < -0.3 is 5.32 Å². The molecule has 0 fully saturated rings. The van der Waals surface area contributed by atoms with Crippen molar-refractivity contribution in [1.29, 1.82) is 0 Å². The van der Waals surface area contributed by atoms with Crippen molar-refractivity contribution in [3.05, 3.63) is 49.6 Å². The van der Waals surface area contributed by atoms with Crippen molar-refractivity contribution >= 4 is 5.69 Å². The predicted octanol–water partition coefficient (Wildman–Crippen LogP) is 3.03. The summed E-state index contributed by atoms with van der Waals surface area (Å²) in [5.41, 5.74) is 2.17. The lowest BCUT2D eigenvalue weighted by Crippen LogP contribution is -2.14. The molecule has 1 heterocycles. The zero-order chi connectivity index (χ0) is 12.8. The maximum Gasteiger partial charge on any atom is 0.123 e. The minimum Gasteiger partial charge on any atom is -0.383 e. The summed E-state index contributed by atoms with van der Waals surface area (Å²) >= 11 is 0. The van der Waals surface area contributed by atoms with Crippen molar-refractivity contribution in [1.82, 2.24) is 14.8 Å². The van der Waals surface area contributed by atoms with Crippen molar-refractivity contribution in [2.75, 3.05) is 5.32 Å². The third kappa shape index (κ3) is 3.20. The van der Waals surface area contributed by atoms with Gasteiger partial charge in [0.2, 0.25) is 0 Å². The Bertz CT molecular complexity index is 490. The van der Waals surface area contributed by atoms with Crippen LogP contribution in [0.4, 0.5) is 5.69 Å². The van der Waals surface area contributed by atoms with Gasteiger partial charge in [-0.2, -0.15) is 0 Å². The van der Waals surface area contributed by atoms with Crippen LogP contribution in [0.2, 0.25) is 0 Å². The van der Waals surface area contributed by atoms with E-state index in [1.807, 2.05) is 22.8 Å². The zero-order valence-corrected chi connectivity index (χ0v) is 10.6. The molecular weight excluding hydrogens is 224 g/mol. The minimum atomic E-state index is 0.430. The van der Waals surface area contributed by atoms with Gasteiger partial charge in [0.05, 0.1) is 5.69 Å². The predicted molar refractivity (Wildman–Crippen MR) is 73.9 cm³/mol. The molecule has 1 aromatic carbocycles. The second kappa shape index (κ2) is 6.00. The molecule has 1 unspecified atom stereocenters. The molecule has 0 aliphatic carbocycles. The average molecular weight is 242 g/mol. The van der Waals surface area contributed by atoms with Crippen LogP contribution in [0.25, 0.3) is 5.69 Å². The van der Waals surface area contributed by atoms with Gasteiger partial charge in [0.1, 0.15) is 12.7 Å². The molecule has 0 aliphatic rings. The number of benzene rings is 1. The van der Waals surface area contributed by atoms with Crippen LogP contribution < -0.4 is 5.32 Å². The van der Waals surface area contributed by atoms with Crippen LogP contribution in [-0.4, -0.2) is 20.8 Å². The molecule has 4 heteroatoms. The Morgan fingerprint density at radius 2 is 2.17 bits per heavy atom. The lowest BCUT2D eigenvalue weighted by Gasteiger charge is -2.15. The molecule has 94 valence electrons. The fraction of sp³-hybridized carbons (Fsp3) is 0.286. The monoisotopic (exact) mass is 242 g/mol. The van der Waals surface area contributed by atoms with E-state index >= 15 is 0 Å². The van der Waals surface area contributed by atoms with Gasteiger partial charge >= 0.3 is 0 Å². The number of rotatable bonds is 6. The molecule has 18 heavy (non-hydrogen) atoms. The van der Waals surface area contributed by atoms with Crippen LogP contribution in [-0.2, 0) is 0 Å². The van der Waals surface area contributed by atoms with E-state index in [9.17, 15) is 0 Å². The summed E-state index contributed by atoms with van der Waals surface area (Å²) in [7, 11) is 0. The zero-order valence-electron chi connectivity index (χ0n) is 10.6. The Labute approximate surface area is 107 Å². The Morgan fingerprint density at radius 3 is 2.89 bits per heavy atom. The van der Waals surface area contributed by atoms with Crippen LogP contribution >= 0.6 is 0 Å². The molecule has 4 nitrogen and oxygen atoms in total. The van der Waals surface area contributed by atoms with Gasteiger partial charge in [0.25, 0.3) is 0 Å². The molecular formula is C14H18N4. The first-order chi connectivity index (χ1) is 8.79. The normalized spacial score (nSPS) is 12.1. The fourth-order valence-electron chi connectivity index (χ4n) is 1.81. The third-order valence-corrected chi connectivity index (χ3v) is 2.78. The Hall–Kier alpha value is -2.10. The van der Waals surface area contributed by atoms with E-state index in [-0.39, 0.29) is 0 Å². The van der Waals surface area contributed by atoms with Crippen LogP contribution in [0.3, 0.4) is 0 Å². The number of nitrogens with one attached hydrogen (secondary N) is 1. The molecule has 0 amide bonds. The highest BCUT2D eigenvalue weighted by molar-refractivity contribution is 5.51. The van der Waals surface area contributed by atoms with Gasteiger partial charge in [-0.15, -0.1) is 16.8 Å². The molecule has 0 bridgehead atoms. The summed E-state index contributed by atoms with van der Waals surface area (Å²) in [4.78, 5) is 0. The maximum absolute atomic E-state index is 3.81. The molecule has 2 aromatic rings. The number of hydrogen-bond acceptors (Lipinski definition) is 3. The van der Waals surface area contributed by atoms with E-state index < -0.39 is 0 Å². The number of nitrogens with zero attached hydrogens (tertiary/aromatic N) is 3. The number of hydrogen-bond donors (Lipinski definition) is 1. The lowest BCUT2D eigenvalue weighted by atomic mass is 10.1. The van der Waals surface area contributed by atoms with Gasteiger partial charge in [0, 0.05) is 11.7 Å². The van der Waals surface area contributed by atoms with E-state index in [2.05, 4.69) is 41.1 Å². The van der Waals surface area contributed by atoms with Crippen LogP contribution in [0.5, 0.6) is 0 Å². The molecule has 2 rings (SSSR count). The number of aromatic nitrogens is 3. The Morgan fingerprint density at radius 1 is 1.39 bits per heavy atom. The van der Waals surface area contributed by atoms with Gasteiger partial charge in [-0.25, -0.2) is 0 Å². The van der Waals surface area contributed by atoms with Gasteiger partial charge in [-0.05, 0) is 38.0 Å². The van der Waals surface area contributed by atoms with Gasteiger partial charge in [-0.1, -0.05) is 12.1 Å². The summed E-state index contributed by atoms with van der Waals surface area (Å²) in [5, 5.41) is 11.1. The molecule has 1 N–H and O–H groups in total. The van der Waals surface area contributed by atoms with Crippen molar-refractivity contribution < 1.29 is 0 Å². The molecule has 0 radical (unpaired) electrons. The van der Waals surface area contributed by atoms with Crippen molar-refractivity contribution in [3.8, 4) is 5.69 Å². The van der Waals surface area contributed by atoms with E-state index in [0.717, 1.165) is 24.2 Å². The van der Waals surface area contributed by atoms with Crippen molar-refractivity contribution in [2.45, 2.75) is 25.8 Å². The highest BCUT2D eigenvalue weighted by Gasteiger charge is 2.02. The summed E-state index contributed by atoms with van der Waals surface area (Å²) in [6.45, 7) is 5.92. The third-order valence-electron chi connectivity index (χ3n) is 2.78. The van der Waals surface area contributed by atoms with Gasteiger partial charge in [-0.3, -0.25) is 4.57 Å². The van der Waals surface area contributed by atoms with E-state index in [1.54, 1.807) is 12.7 Å². The second-order valence-corrected chi connectivity index (χ2v) is 4.33. The molecule has 0 saturated carbocycles. The summed E-state index contributed by atoms with van der Waals surface area (Å²) in [5.74, 6) is 0. The maximum atomic E-state index is 3.81. The highest BCUT2D eigenvalue weighted by Crippen LogP contribution is 2.16. The second-order valence-electron chi connectivity index (χ2n) is 4.33. The van der Waals surface area contributed by atoms with Crippen molar-refractivity contribution in [2.24, 2.45) is 0 Å².